The number of benzene rings is 2. The molecule has 10 nitrogen and oxygen atoms in total. The zero-order valence-electron chi connectivity index (χ0n) is 20.0. The second-order valence-electron chi connectivity index (χ2n) is 8.37. The fourth-order valence-corrected chi connectivity index (χ4v) is 5.10. The molecule has 5 rings (SSSR count). The Labute approximate surface area is 212 Å². The Morgan fingerprint density at radius 2 is 2.05 bits per heavy atom. The number of ether oxygens (including phenoxy) is 3. The number of hydrogen-bond donors (Lipinski definition) is 2. The van der Waals surface area contributed by atoms with E-state index in [0.717, 1.165) is 0 Å². The first-order valence-electron chi connectivity index (χ1n) is 11.3. The summed E-state index contributed by atoms with van der Waals surface area (Å²) in [6, 6.07) is 10.8. The number of anilines is 2. The minimum Gasteiger partial charge on any atom is -0.496 e. The van der Waals surface area contributed by atoms with Crippen LogP contribution in [0.15, 0.2) is 70.4 Å². The molecule has 1 aliphatic heterocycles. The number of halogens is 1. The SMILES string of the molecule is COc1cc(N=S(C)(=O)c2cccnc2)cc2ncnc(Nc3ccc(F)cc3O[C@H]3COC[C@H]3O)c12. The Kier molecular flexibility index (Phi) is 6.87. The van der Waals surface area contributed by atoms with Crippen molar-refractivity contribution in [1.29, 1.82) is 0 Å². The van der Waals surface area contributed by atoms with E-state index in [9.17, 15) is 13.7 Å². The van der Waals surface area contributed by atoms with Crippen LogP contribution in [0.5, 0.6) is 11.5 Å². The van der Waals surface area contributed by atoms with Gasteiger partial charge >= 0.3 is 0 Å². The van der Waals surface area contributed by atoms with Crippen molar-refractivity contribution in [3.63, 3.8) is 0 Å². The van der Waals surface area contributed by atoms with Crippen LogP contribution in [0.3, 0.4) is 0 Å². The van der Waals surface area contributed by atoms with Crippen molar-refractivity contribution in [3.8, 4) is 11.5 Å². The van der Waals surface area contributed by atoms with Crippen LogP contribution in [0.2, 0.25) is 0 Å². The van der Waals surface area contributed by atoms with Crippen molar-refractivity contribution in [3.05, 3.63) is 67.0 Å². The predicted octanol–water partition coefficient (Wildman–Crippen LogP) is 3.84. The molecule has 2 N–H and O–H groups in total. The summed E-state index contributed by atoms with van der Waals surface area (Å²) in [5.41, 5.74) is 1.32. The first kappa shape index (κ1) is 24.8. The molecule has 0 saturated carbocycles. The molecule has 3 atom stereocenters. The van der Waals surface area contributed by atoms with Gasteiger partial charge in [-0.15, -0.1) is 0 Å². The number of aliphatic hydroxyl groups is 1. The summed E-state index contributed by atoms with van der Waals surface area (Å²) in [5.74, 6) is 0.457. The number of aliphatic hydroxyl groups excluding tert-OH is 1. The predicted molar refractivity (Wildman–Crippen MR) is 136 cm³/mol. The molecule has 3 heterocycles. The lowest BCUT2D eigenvalue weighted by molar-refractivity contribution is 0.0736. The van der Waals surface area contributed by atoms with Gasteiger partial charge in [-0.05, 0) is 30.3 Å². The molecule has 12 heteroatoms. The highest BCUT2D eigenvalue weighted by molar-refractivity contribution is 7.93. The fourth-order valence-electron chi connectivity index (χ4n) is 3.90. The van der Waals surface area contributed by atoms with Gasteiger partial charge in [0.1, 0.15) is 35.6 Å². The molecular weight excluding hydrogens is 501 g/mol. The number of aromatic nitrogens is 3. The minimum atomic E-state index is -2.78. The summed E-state index contributed by atoms with van der Waals surface area (Å²) >= 11 is 0. The lowest BCUT2D eigenvalue weighted by atomic mass is 10.2. The fraction of sp³-hybridized carbons (Fsp3) is 0.240. The van der Waals surface area contributed by atoms with E-state index in [1.807, 2.05) is 0 Å². The van der Waals surface area contributed by atoms with Crippen LogP contribution in [0.1, 0.15) is 0 Å². The van der Waals surface area contributed by atoms with Crippen molar-refractivity contribution in [2.45, 2.75) is 17.1 Å². The summed E-state index contributed by atoms with van der Waals surface area (Å²) in [6.07, 6.45) is 4.57. The molecule has 2 aromatic carbocycles. The normalized spacial score (nSPS) is 18.8. The molecule has 192 valence electrons. The third-order valence-electron chi connectivity index (χ3n) is 5.73. The van der Waals surface area contributed by atoms with Crippen LogP contribution in [-0.4, -0.2) is 63.1 Å². The number of pyridine rings is 1. The molecular formula is C25H24FN5O5S. The Morgan fingerprint density at radius 3 is 2.78 bits per heavy atom. The quantitative estimate of drug-likeness (QED) is 0.370. The van der Waals surface area contributed by atoms with Crippen LogP contribution >= 0.6 is 0 Å². The standard InChI is InChI=1S/C25H24FN5O5S/c1-34-22-10-16(31-37(2,33)17-4-3-7-27-11-17)9-19-24(22)25(29-14-28-19)30-18-6-5-15(26)8-21(18)36-23-13-35-12-20(23)32/h3-11,14,20,23,32H,12-13H2,1-2H3,(H,28,29,30)/t20-,23+,37?/m1/s1. The summed E-state index contributed by atoms with van der Waals surface area (Å²) in [5, 5.41) is 13.7. The zero-order valence-corrected chi connectivity index (χ0v) is 20.8. The van der Waals surface area contributed by atoms with Crippen LogP contribution in [-0.2, 0) is 14.5 Å². The lowest BCUT2D eigenvalue weighted by Gasteiger charge is -2.19. The Bertz CT molecular complexity index is 1560. The van der Waals surface area contributed by atoms with Crippen molar-refractivity contribution < 1.29 is 27.9 Å². The number of nitrogens with zero attached hydrogens (tertiary/aromatic N) is 4. The van der Waals surface area contributed by atoms with E-state index < -0.39 is 27.8 Å². The molecule has 37 heavy (non-hydrogen) atoms. The number of methoxy groups -OCH3 is 1. The second-order valence-corrected chi connectivity index (χ2v) is 10.6. The van der Waals surface area contributed by atoms with E-state index in [2.05, 4.69) is 24.6 Å². The topological polar surface area (TPSA) is 128 Å². The lowest BCUT2D eigenvalue weighted by Crippen LogP contribution is -2.30. The van der Waals surface area contributed by atoms with Gasteiger partial charge in [-0.1, -0.05) is 0 Å². The molecule has 4 aromatic rings. The van der Waals surface area contributed by atoms with Crippen molar-refractivity contribution in [2.75, 3.05) is 31.9 Å². The van der Waals surface area contributed by atoms with E-state index in [0.29, 0.717) is 38.7 Å². The summed E-state index contributed by atoms with van der Waals surface area (Å²) < 4.78 is 48.5. The average Bonchev–Trinajstić information content (AvgIpc) is 3.29. The van der Waals surface area contributed by atoms with Crippen LogP contribution < -0.4 is 14.8 Å². The molecule has 1 fully saturated rings. The van der Waals surface area contributed by atoms with Gasteiger partial charge in [0.2, 0.25) is 0 Å². The molecule has 1 saturated heterocycles. The van der Waals surface area contributed by atoms with Gasteiger partial charge in [0, 0.05) is 30.8 Å². The number of fused-ring (bicyclic) bond motifs is 1. The third kappa shape index (κ3) is 5.31. The van der Waals surface area contributed by atoms with E-state index >= 15 is 0 Å². The molecule has 2 aromatic heterocycles. The first-order valence-corrected chi connectivity index (χ1v) is 13.2. The number of rotatable bonds is 7. The Balaban J connectivity index is 1.54. The summed E-state index contributed by atoms with van der Waals surface area (Å²) in [4.78, 5) is 13.2. The number of hydrogen-bond acceptors (Lipinski definition) is 10. The average molecular weight is 526 g/mol. The van der Waals surface area contributed by atoms with Crippen molar-refractivity contribution in [2.24, 2.45) is 4.36 Å². The third-order valence-corrected chi connectivity index (χ3v) is 7.41. The van der Waals surface area contributed by atoms with E-state index in [1.165, 1.54) is 44.1 Å². The molecule has 0 spiro atoms. The highest BCUT2D eigenvalue weighted by Crippen LogP contribution is 2.38. The smallest absolute Gasteiger partial charge is 0.150 e. The van der Waals surface area contributed by atoms with Gasteiger partial charge < -0.3 is 24.6 Å². The molecule has 0 amide bonds. The van der Waals surface area contributed by atoms with Crippen LogP contribution in [0, 0.1) is 5.82 Å². The zero-order chi connectivity index (χ0) is 26.0. The summed E-state index contributed by atoms with van der Waals surface area (Å²) in [6.45, 7) is 0.335. The number of nitrogens with one attached hydrogen (secondary N) is 1. The van der Waals surface area contributed by atoms with Gasteiger partial charge in [0.05, 0.1) is 57.2 Å². The maximum absolute atomic E-state index is 14.0. The van der Waals surface area contributed by atoms with E-state index in [-0.39, 0.29) is 19.0 Å². The monoisotopic (exact) mass is 525 g/mol. The maximum atomic E-state index is 14.0. The van der Waals surface area contributed by atoms with E-state index in [1.54, 1.807) is 30.5 Å². The highest BCUT2D eigenvalue weighted by atomic mass is 32.2. The van der Waals surface area contributed by atoms with E-state index in [4.69, 9.17) is 14.2 Å². The van der Waals surface area contributed by atoms with Gasteiger partial charge in [-0.3, -0.25) is 4.98 Å². The van der Waals surface area contributed by atoms with Gasteiger partial charge in [0.25, 0.3) is 0 Å². The van der Waals surface area contributed by atoms with Gasteiger partial charge in [-0.25, -0.2) is 18.6 Å². The summed E-state index contributed by atoms with van der Waals surface area (Å²) in [7, 11) is -1.28. The highest BCUT2D eigenvalue weighted by Gasteiger charge is 2.29. The maximum Gasteiger partial charge on any atom is 0.150 e. The molecule has 0 aliphatic carbocycles. The van der Waals surface area contributed by atoms with Gasteiger partial charge in [0.15, 0.2) is 6.10 Å². The molecule has 1 unspecified atom stereocenters. The van der Waals surface area contributed by atoms with Crippen LogP contribution in [0.4, 0.5) is 21.6 Å². The minimum absolute atomic E-state index is 0.148. The largest absolute Gasteiger partial charge is 0.496 e. The second kappa shape index (κ2) is 10.2. The molecule has 0 radical (unpaired) electrons. The molecule has 0 bridgehead atoms. The first-order chi connectivity index (χ1) is 17.8. The Morgan fingerprint density at radius 1 is 1.19 bits per heavy atom. The Hall–Kier alpha value is -3.87. The molecule has 1 aliphatic rings. The van der Waals surface area contributed by atoms with Gasteiger partial charge in [-0.2, -0.15) is 4.36 Å². The van der Waals surface area contributed by atoms with Crippen molar-refractivity contribution >= 4 is 37.8 Å². The van der Waals surface area contributed by atoms with Crippen molar-refractivity contribution in [1.82, 2.24) is 15.0 Å². The van der Waals surface area contributed by atoms with Crippen LogP contribution in [0.25, 0.3) is 10.9 Å².